The standard InChI is InChI=1S/C14H13BrClNO2S/c1-8(14-4-9(15)7-20-14)17-11-6-13-12(5-10(11)16)18-2-3-19-13/h4-8,17H,2-3H2,1H3. The molecule has 0 bridgehead atoms. The molecule has 1 atom stereocenters. The van der Waals surface area contributed by atoms with E-state index in [1.165, 1.54) is 4.88 Å². The maximum absolute atomic E-state index is 6.29. The number of thiophene rings is 1. The van der Waals surface area contributed by atoms with Gasteiger partial charge in [-0.1, -0.05) is 11.6 Å². The van der Waals surface area contributed by atoms with Gasteiger partial charge < -0.3 is 14.8 Å². The molecule has 0 spiro atoms. The summed E-state index contributed by atoms with van der Waals surface area (Å²) in [6.07, 6.45) is 0. The maximum Gasteiger partial charge on any atom is 0.163 e. The van der Waals surface area contributed by atoms with Crippen molar-refractivity contribution < 1.29 is 9.47 Å². The molecule has 0 aliphatic carbocycles. The first-order valence-electron chi connectivity index (χ1n) is 6.23. The van der Waals surface area contributed by atoms with E-state index in [1.807, 2.05) is 6.07 Å². The largest absolute Gasteiger partial charge is 0.486 e. The SMILES string of the molecule is CC(Nc1cc2c(cc1Cl)OCCO2)c1cc(Br)cs1. The molecule has 1 aromatic heterocycles. The lowest BCUT2D eigenvalue weighted by atomic mass is 10.2. The summed E-state index contributed by atoms with van der Waals surface area (Å²) in [6, 6.07) is 5.98. The predicted octanol–water partition coefficient (Wildman–Crippen LogP) is 5.11. The van der Waals surface area contributed by atoms with Crippen LogP contribution in [0.1, 0.15) is 17.8 Å². The molecule has 2 aromatic rings. The van der Waals surface area contributed by atoms with Crippen LogP contribution in [0.2, 0.25) is 5.02 Å². The fourth-order valence-corrected chi connectivity index (χ4v) is 3.70. The van der Waals surface area contributed by atoms with E-state index in [2.05, 4.69) is 39.6 Å². The van der Waals surface area contributed by atoms with Crippen molar-refractivity contribution in [2.75, 3.05) is 18.5 Å². The summed E-state index contributed by atoms with van der Waals surface area (Å²) in [5.41, 5.74) is 0.855. The second kappa shape index (κ2) is 5.84. The van der Waals surface area contributed by atoms with Gasteiger partial charge in [0.15, 0.2) is 11.5 Å². The molecule has 2 heterocycles. The van der Waals surface area contributed by atoms with Gasteiger partial charge in [0.1, 0.15) is 13.2 Å². The lowest BCUT2D eigenvalue weighted by Gasteiger charge is -2.21. The van der Waals surface area contributed by atoms with Crippen LogP contribution >= 0.6 is 38.9 Å². The molecule has 0 saturated carbocycles. The maximum atomic E-state index is 6.29. The minimum Gasteiger partial charge on any atom is -0.486 e. The molecule has 0 amide bonds. The first-order chi connectivity index (χ1) is 9.63. The topological polar surface area (TPSA) is 30.5 Å². The van der Waals surface area contributed by atoms with Crippen LogP contribution in [0, 0.1) is 0 Å². The molecular weight excluding hydrogens is 362 g/mol. The van der Waals surface area contributed by atoms with Crippen LogP contribution in [0.25, 0.3) is 0 Å². The van der Waals surface area contributed by atoms with E-state index in [4.69, 9.17) is 21.1 Å². The van der Waals surface area contributed by atoms with Crippen molar-refractivity contribution in [3.05, 3.63) is 38.0 Å². The van der Waals surface area contributed by atoms with Gasteiger partial charge in [0.2, 0.25) is 0 Å². The minimum absolute atomic E-state index is 0.173. The fourth-order valence-electron chi connectivity index (χ4n) is 2.03. The lowest BCUT2D eigenvalue weighted by molar-refractivity contribution is 0.171. The van der Waals surface area contributed by atoms with Gasteiger partial charge in [0.25, 0.3) is 0 Å². The van der Waals surface area contributed by atoms with Crippen LogP contribution in [-0.2, 0) is 0 Å². The highest BCUT2D eigenvalue weighted by atomic mass is 79.9. The molecular formula is C14H13BrClNO2S. The molecule has 1 unspecified atom stereocenters. The number of hydrogen-bond acceptors (Lipinski definition) is 4. The van der Waals surface area contributed by atoms with Gasteiger partial charge in [0.05, 0.1) is 16.8 Å². The quantitative estimate of drug-likeness (QED) is 0.810. The fraction of sp³-hybridized carbons (Fsp3) is 0.286. The third-order valence-corrected chi connectivity index (χ3v) is 5.21. The van der Waals surface area contributed by atoms with Gasteiger partial charge in [-0.2, -0.15) is 0 Å². The van der Waals surface area contributed by atoms with Gasteiger partial charge in [0, 0.05) is 26.9 Å². The highest BCUT2D eigenvalue weighted by Gasteiger charge is 2.17. The molecule has 3 rings (SSSR count). The van der Waals surface area contributed by atoms with Crippen LogP contribution in [0.15, 0.2) is 28.1 Å². The monoisotopic (exact) mass is 373 g/mol. The summed E-state index contributed by atoms with van der Waals surface area (Å²) in [4.78, 5) is 1.24. The summed E-state index contributed by atoms with van der Waals surface area (Å²) in [6.45, 7) is 3.24. The first kappa shape index (κ1) is 14.0. The van der Waals surface area contributed by atoms with E-state index in [0.29, 0.717) is 24.0 Å². The van der Waals surface area contributed by atoms with E-state index >= 15 is 0 Å². The van der Waals surface area contributed by atoms with Gasteiger partial charge in [-0.25, -0.2) is 0 Å². The highest BCUT2D eigenvalue weighted by Crippen LogP contribution is 2.39. The zero-order chi connectivity index (χ0) is 14.1. The van der Waals surface area contributed by atoms with Gasteiger partial charge in [-0.3, -0.25) is 0 Å². The first-order valence-corrected chi connectivity index (χ1v) is 8.28. The van der Waals surface area contributed by atoms with Crippen molar-refractivity contribution in [1.29, 1.82) is 0 Å². The Bertz CT molecular complexity index is 632. The summed E-state index contributed by atoms with van der Waals surface area (Å²) in [7, 11) is 0. The number of benzene rings is 1. The molecule has 0 saturated heterocycles. The Labute approximate surface area is 135 Å². The van der Waals surface area contributed by atoms with Crippen molar-refractivity contribution in [1.82, 2.24) is 0 Å². The number of nitrogens with one attached hydrogen (secondary N) is 1. The van der Waals surface area contributed by atoms with E-state index in [-0.39, 0.29) is 6.04 Å². The second-order valence-corrected chi connectivity index (χ2v) is 6.77. The number of rotatable bonds is 3. The highest BCUT2D eigenvalue weighted by molar-refractivity contribution is 9.10. The molecule has 20 heavy (non-hydrogen) atoms. The zero-order valence-corrected chi connectivity index (χ0v) is 13.9. The predicted molar refractivity (Wildman–Crippen MR) is 86.5 cm³/mol. The van der Waals surface area contributed by atoms with Crippen LogP contribution in [0.5, 0.6) is 11.5 Å². The number of halogens is 2. The summed E-state index contributed by atoms with van der Waals surface area (Å²) >= 11 is 11.5. The molecule has 106 valence electrons. The Morgan fingerprint density at radius 1 is 1.25 bits per heavy atom. The van der Waals surface area contributed by atoms with E-state index in [0.717, 1.165) is 15.9 Å². The Kier molecular flexibility index (Phi) is 4.10. The van der Waals surface area contributed by atoms with E-state index < -0.39 is 0 Å². The molecule has 6 heteroatoms. The molecule has 1 N–H and O–H groups in total. The second-order valence-electron chi connectivity index (χ2n) is 4.51. The number of anilines is 1. The number of fused-ring (bicyclic) bond motifs is 1. The van der Waals surface area contributed by atoms with Crippen LogP contribution in [-0.4, -0.2) is 13.2 Å². The van der Waals surface area contributed by atoms with E-state index in [9.17, 15) is 0 Å². The van der Waals surface area contributed by atoms with Crippen LogP contribution < -0.4 is 14.8 Å². The summed E-state index contributed by atoms with van der Waals surface area (Å²) < 4.78 is 12.2. The normalized spacial score (nSPS) is 14.9. The number of ether oxygens (including phenoxy) is 2. The van der Waals surface area contributed by atoms with Crippen molar-refractivity contribution in [3.8, 4) is 11.5 Å². The lowest BCUT2D eigenvalue weighted by Crippen LogP contribution is -2.16. The Balaban J connectivity index is 1.83. The molecule has 0 fully saturated rings. The Hall–Kier alpha value is -0.910. The third-order valence-electron chi connectivity index (χ3n) is 3.02. The average Bonchev–Trinajstić information content (AvgIpc) is 2.86. The summed E-state index contributed by atoms with van der Waals surface area (Å²) in [5, 5.41) is 6.12. The van der Waals surface area contributed by atoms with Crippen molar-refractivity contribution >= 4 is 44.6 Å². The molecule has 1 aliphatic heterocycles. The number of hydrogen-bond donors (Lipinski definition) is 1. The zero-order valence-electron chi connectivity index (χ0n) is 10.8. The third kappa shape index (κ3) is 2.90. The smallest absolute Gasteiger partial charge is 0.163 e. The van der Waals surface area contributed by atoms with Crippen molar-refractivity contribution in [2.45, 2.75) is 13.0 Å². The van der Waals surface area contributed by atoms with E-state index in [1.54, 1.807) is 17.4 Å². The van der Waals surface area contributed by atoms with Crippen LogP contribution in [0.3, 0.4) is 0 Å². The molecule has 1 aromatic carbocycles. The van der Waals surface area contributed by atoms with Gasteiger partial charge >= 0.3 is 0 Å². The van der Waals surface area contributed by atoms with Gasteiger partial charge in [-0.15, -0.1) is 11.3 Å². The average molecular weight is 375 g/mol. The summed E-state index contributed by atoms with van der Waals surface area (Å²) in [5.74, 6) is 1.45. The van der Waals surface area contributed by atoms with Crippen molar-refractivity contribution in [2.24, 2.45) is 0 Å². The molecule has 0 radical (unpaired) electrons. The molecule has 1 aliphatic rings. The van der Waals surface area contributed by atoms with Crippen molar-refractivity contribution in [3.63, 3.8) is 0 Å². The Morgan fingerprint density at radius 2 is 1.95 bits per heavy atom. The van der Waals surface area contributed by atoms with Gasteiger partial charge in [-0.05, 0) is 28.9 Å². The Morgan fingerprint density at radius 3 is 2.60 bits per heavy atom. The van der Waals surface area contributed by atoms with Crippen LogP contribution in [0.4, 0.5) is 5.69 Å². The minimum atomic E-state index is 0.173. The molecule has 3 nitrogen and oxygen atoms in total.